The van der Waals surface area contributed by atoms with Gasteiger partial charge < -0.3 is 10.1 Å². The molecule has 1 N–H and O–H groups in total. The molecule has 0 unspecified atom stereocenters. The fourth-order valence-electron chi connectivity index (χ4n) is 5.01. The lowest BCUT2D eigenvalue weighted by Crippen LogP contribution is -2.36. The second kappa shape index (κ2) is 9.40. The van der Waals surface area contributed by atoms with Gasteiger partial charge in [-0.25, -0.2) is 0 Å². The Morgan fingerprint density at radius 2 is 1.58 bits per heavy atom. The first kappa shape index (κ1) is 22.9. The van der Waals surface area contributed by atoms with Gasteiger partial charge in [-0.2, -0.15) is 0 Å². The summed E-state index contributed by atoms with van der Waals surface area (Å²) in [5, 5.41) is 4.10. The van der Waals surface area contributed by atoms with Crippen LogP contribution in [0.3, 0.4) is 0 Å². The largest absolute Gasteiger partial charge is 0.487 e. The van der Waals surface area contributed by atoms with Gasteiger partial charge in [0.05, 0.1) is 4.47 Å². The lowest BCUT2D eigenvalue weighted by atomic mass is 9.71. The molecule has 0 saturated heterocycles. The molecule has 1 heterocycles. The fourth-order valence-corrected chi connectivity index (χ4v) is 6.57. The molecule has 0 spiro atoms. The summed E-state index contributed by atoms with van der Waals surface area (Å²) >= 11 is 13.6. The Balaban J connectivity index is 1.65. The van der Waals surface area contributed by atoms with Crippen LogP contribution in [0.1, 0.15) is 55.6 Å². The van der Waals surface area contributed by atoms with Crippen molar-refractivity contribution in [3.63, 3.8) is 0 Å². The van der Waals surface area contributed by atoms with Crippen LogP contribution in [0.5, 0.6) is 5.75 Å². The molecule has 33 heavy (non-hydrogen) atoms. The number of nitrogens with one attached hydrogen (secondary N) is 1. The van der Waals surface area contributed by atoms with Crippen LogP contribution >= 0.6 is 43.5 Å². The van der Waals surface area contributed by atoms with Crippen LogP contribution < -0.4 is 10.1 Å². The Bertz CT molecular complexity index is 1190. The maximum absolute atomic E-state index is 13.2. The zero-order valence-corrected chi connectivity index (χ0v) is 21.8. The summed E-state index contributed by atoms with van der Waals surface area (Å²) in [4.78, 5) is 26.4. The second-order valence-corrected chi connectivity index (χ2v) is 10.8. The van der Waals surface area contributed by atoms with E-state index in [9.17, 15) is 9.59 Å². The number of carbonyl (C=O) groups is 2. The summed E-state index contributed by atoms with van der Waals surface area (Å²) in [6.45, 7) is 0.275. The topological polar surface area (TPSA) is 55.4 Å². The van der Waals surface area contributed by atoms with Gasteiger partial charge >= 0.3 is 0 Å². The zero-order valence-electron chi connectivity index (χ0n) is 17.8. The van der Waals surface area contributed by atoms with Crippen LogP contribution in [0.2, 0.25) is 5.02 Å². The molecule has 0 bridgehead atoms. The number of Topliss-reactive ketones (excluding diaryl/α,β-unsaturated/α-hetero) is 2. The van der Waals surface area contributed by atoms with E-state index in [2.05, 4.69) is 37.2 Å². The van der Waals surface area contributed by atoms with Gasteiger partial charge in [0.2, 0.25) is 0 Å². The van der Waals surface area contributed by atoms with Gasteiger partial charge in [-0.3, -0.25) is 9.59 Å². The van der Waals surface area contributed by atoms with Gasteiger partial charge in [-0.1, -0.05) is 45.7 Å². The van der Waals surface area contributed by atoms with Crippen LogP contribution in [-0.2, 0) is 16.2 Å². The maximum Gasteiger partial charge on any atom is 0.161 e. The smallest absolute Gasteiger partial charge is 0.161 e. The molecule has 0 aromatic heterocycles. The number of ether oxygens (including phenoxy) is 1. The van der Waals surface area contributed by atoms with Crippen molar-refractivity contribution < 1.29 is 14.3 Å². The monoisotopic (exact) mass is 589 g/mol. The first-order valence-electron chi connectivity index (χ1n) is 11.1. The minimum Gasteiger partial charge on any atom is -0.487 e. The van der Waals surface area contributed by atoms with Crippen molar-refractivity contribution in [1.82, 2.24) is 5.32 Å². The van der Waals surface area contributed by atoms with E-state index in [1.54, 1.807) is 0 Å². The molecule has 170 valence electrons. The molecule has 4 nitrogen and oxygen atoms in total. The number of hydrogen-bond donors (Lipinski definition) is 1. The summed E-state index contributed by atoms with van der Waals surface area (Å²) < 4.78 is 7.94. The molecule has 0 amide bonds. The number of hydrogen-bond acceptors (Lipinski definition) is 4. The third-order valence-corrected chi connectivity index (χ3v) is 7.88. The average molecular weight is 592 g/mol. The van der Waals surface area contributed by atoms with Gasteiger partial charge in [0.15, 0.2) is 11.6 Å². The maximum atomic E-state index is 13.2. The number of dihydropyridines is 1. The van der Waals surface area contributed by atoms with Crippen molar-refractivity contribution in [3.05, 3.63) is 84.0 Å². The van der Waals surface area contributed by atoms with Crippen molar-refractivity contribution in [2.45, 2.75) is 51.0 Å². The van der Waals surface area contributed by atoms with Crippen molar-refractivity contribution in [1.29, 1.82) is 0 Å². The summed E-state index contributed by atoms with van der Waals surface area (Å²) in [6, 6.07) is 11.5. The first-order valence-corrected chi connectivity index (χ1v) is 13.0. The number of ketones is 2. The van der Waals surface area contributed by atoms with Gasteiger partial charge in [0, 0.05) is 61.9 Å². The number of rotatable bonds is 4. The Hall–Kier alpha value is -1.89. The van der Waals surface area contributed by atoms with Crippen molar-refractivity contribution in [2.75, 3.05) is 0 Å². The quantitative estimate of drug-likeness (QED) is 0.411. The first-order chi connectivity index (χ1) is 15.9. The Morgan fingerprint density at radius 3 is 2.21 bits per heavy atom. The molecule has 3 aliphatic rings. The van der Waals surface area contributed by atoms with E-state index in [0.29, 0.717) is 34.8 Å². The highest BCUT2D eigenvalue weighted by atomic mass is 79.9. The van der Waals surface area contributed by atoms with Gasteiger partial charge in [0.25, 0.3) is 0 Å². The van der Waals surface area contributed by atoms with Crippen molar-refractivity contribution >= 4 is 55.0 Å². The Morgan fingerprint density at radius 1 is 0.939 bits per heavy atom. The summed E-state index contributed by atoms with van der Waals surface area (Å²) in [6.07, 6.45) is 4.27. The van der Waals surface area contributed by atoms with Crippen LogP contribution in [0, 0.1) is 0 Å². The number of benzene rings is 2. The highest BCUT2D eigenvalue weighted by Crippen LogP contribution is 2.49. The second-order valence-electron chi connectivity index (χ2n) is 8.58. The number of halogens is 3. The molecule has 1 aliphatic heterocycles. The lowest BCUT2D eigenvalue weighted by molar-refractivity contribution is -0.116. The molecule has 0 fully saturated rings. The zero-order chi connectivity index (χ0) is 23.1. The van der Waals surface area contributed by atoms with Gasteiger partial charge in [0.1, 0.15) is 12.4 Å². The van der Waals surface area contributed by atoms with E-state index in [4.69, 9.17) is 16.3 Å². The molecule has 0 atom stereocenters. The minimum atomic E-state index is -0.438. The van der Waals surface area contributed by atoms with Crippen molar-refractivity contribution in [2.24, 2.45) is 0 Å². The van der Waals surface area contributed by atoms with Gasteiger partial charge in [-0.05, 0) is 59.8 Å². The molecule has 7 heteroatoms. The minimum absolute atomic E-state index is 0.104. The Kier molecular flexibility index (Phi) is 6.51. The predicted molar refractivity (Wildman–Crippen MR) is 135 cm³/mol. The third kappa shape index (κ3) is 4.33. The molecule has 0 saturated carbocycles. The normalized spacial score (nSPS) is 18.8. The third-order valence-electron chi connectivity index (χ3n) is 6.47. The molecule has 2 aromatic rings. The summed E-state index contributed by atoms with van der Waals surface area (Å²) in [7, 11) is 0. The van der Waals surface area contributed by atoms with E-state index < -0.39 is 5.92 Å². The van der Waals surface area contributed by atoms with Crippen LogP contribution in [-0.4, -0.2) is 11.6 Å². The van der Waals surface area contributed by atoms with Crippen LogP contribution in [0.25, 0.3) is 0 Å². The van der Waals surface area contributed by atoms with Crippen molar-refractivity contribution in [3.8, 4) is 5.75 Å². The standard InChI is InChI=1S/C26H22Br2ClNO3/c27-15-11-16(26(17(28)12-15)33-13-14-5-1-2-6-18(14)29)23-24-19(7-3-9-21(24)31)30-20-8-4-10-22(32)25(20)23/h1-2,5-6,11-12,23,30H,3-4,7-10,13H2. The molecule has 0 radical (unpaired) electrons. The summed E-state index contributed by atoms with van der Waals surface area (Å²) in [5.41, 5.74) is 5.02. The molecule has 5 rings (SSSR count). The van der Waals surface area contributed by atoms with E-state index in [1.165, 1.54) is 0 Å². The van der Waals surface area contributed by atoms with E-state index in [0.717, 1.165) is 57.1 Å². The predicted octanol–water partition coefficient (Wildman–Crippen LogP) is 7.15. The average Bonchev–Trinajstić information content (AvgIpc) is 2.78. The van der Waals surface area contributed by atoms with E-state index >= 15 is 0 Å². The highest BCUT2D eigenvalue weighted by molar-refractivity contribution is 9.11. The number of allylic oxidation sites excluding steroid dienone is 4. The SMILES string of the molecule is O=C1CCCC2=C1C(c1cc(Br)cc(Br)c1OCc1ccccc1Cl)C1=C(CCCC1=O)N2. The number of carbonyl (C=O) groups excluding carboxylic acids is 2. The van der Waals surface area contributed by atoms with Crippen LogP contribution in [0.15, 0.2) is 67.9 Å². The molecular formula is C26H22Br2ClNO3. The fraction of sp³-hybridized carbons (Fsp3) is 0.308. The highest BCUT2D eigenvalue weighted by Gasteiger charge is 2.41. The molecular weight excluding hydrogens is 570 g/mol. The lowest BCUT2D eigenvalue weighted by Gasteiger charge is -2.37. The van der Waals surface area contributed by atoms with E-state index in [-0.39, 0.29) is 18.2 Å². The Labute approximate surface area is 214 Å². The van der Waals surface area contributed by atoms with Gasteiger partial charge in [-0.15, -0.1) is 0 Å². The molecule has 2 aromatic carbocycles. The van der Waals surface area contributed by atoms with E-state index in [1.807, 2.05) is 36.4 Å². The van der Waals surface area contributed by atoms with Crippen LogP contribution in [0.4, 0.5) is 0 Å². The summed E-state index contributed by atoms with van der Waals surface area (Å²) in [5.74, 6) is 0.394. The molecule has 2 aliphatic carbocycles.